The molecule has 4 heteroatoms. The average molecular weight is 319 g/mol. The fraction of sp³-hybridized carbons (Fsp3) is 0.632. The first-order valence-corrected chi connectivity index (χ1v) is 8.36. The SMILES string of the molecule is Cc1ccc(C[C@@](C)(O)[C@@H]2CCCN2C(=O)OC(C)(C)C)cc1. The first kappa shape index (κ1) is 17.8. The summed E-state index contributed by atoms with van der Waals surface area (Å²) in [7, 11) is 0. The number of hydrogen-bond donors (Lipinski definition) is 1. The van der Waals surface area contributed by atoms with E-state index in [1.807, 2.05) is 58.9 Å². The second kappa shape index (κ2) is 6.52. The van der Waals surface area contributed by atoms with Crippen molar-refractivity contribution < 1.29 is 14.6 Å². The van der Waals surface area contributed by atoms with Crippen LogP contribution < -0.4 is 0 Å². The lowest BCUT2D eigenvalue weighted by molar-refractivity contribution is -0.0333. The van der Waals surface area contributed by atoms with Crippen LogP contribution >= 0.6 is 0 Å². The molecule has 0 radical (unpaired) electrons. The lowest BCUT2D eigenvalue weighted by Crippen LogP contribution is -2.52. The van der Waals surface area contributed by atoms with E-state index in [0.717, 1.165) is 18.4 Å². The van der Waals surface area contributed by atoms with Gasteiger partial charge in [0.15, 0.2) is 0 Å². The average Bonchev–Trinajstić information content (AvgIpc) is 2.89. The molecule has 0 spiro atoms. The zero-order valence-corrected chi connectivity index (χ0v) is 14.9. The van der Waals surface area contributed by atoms with Crippen molar-refractivity contribution in [3.05, 3.63) is 35.4 Å². The summed E-state index contributed by atoms with van der Waals surface area (Å²) in [5, 5.41) is 11.0. The largest absolute Gasteiger partial charge is 0.444 e. The van der Waals surface area contributed by atoms with Crippen LogP contribution in [0.4, 0.5) is 4.79 Å². The summed E-state index contributed by atoms with van der Waals surface area (Å²) in [5.41, 5.74) is 0.789. The summed E-state index contributed by atoms with van der Waals surface area (Å²) in [4.78, 5) is 14.1. The van der Waals surface area contributed by atoms with Crippen LogP contribution in [0.25, 0.3) is 0 Å². The van der Waals surface area contributed by atoms with Crippen molar-refractivity contribution in [3.8, 4) is 0 Å². The minimum absolute atomic E-state index is 0.210. The molecule has 0 aromatic heterocycles. The highest BCUT2D eigenvalue weighted by molar-refractivity contribution is 5.69. The van der Waals surface area contributed by atoms with Gasteiger partial charge >= 0.3 is 6.09 Å². The van der Waals surface area contributed by atoms with Crippen LogP contribution in [0.5, 0.6) is 0 Å². The first-order valence-electron chi connectivity index (χ1n) is 8.36. The number of carbonyl (C=O) groups excluding carboxylic acids is 1. The van der Waals surface area contributed by atoms with Crippen molar-refractivity contribution >= 4 is 6.09 Å². The number of carbonyl (C=O) groups is 1. The number of ether oxygens (including phenoxy) is 1. The maximum absolute atomic E-state index is 12.4. The summed E-state index contributed by atoms with van der Waals surface area (Å²) >= 11 is 0. The Morgan fingerprint density at radius 2 is 1.87 bits per heavy atom. The number of rotatable bonds is 3. The van der Waals surface area contributed by atoms with Gasteiger partial charge in [0.2, 0.25) is 0 Å². The zero-order chi connectivity index (χ0) is 17.3. The molecule has 0 unspecified atom stereocenters. The fourth-order valence-electron chi connectivity index (χ4n) is 3.19. The number of benzene rings is 1. The molecule has 1 aliphatic rings. The Bertz CT molecular complexity index is 543. The van der Waals surface area contributed by atoms with Crippen LogP contribution in [0, 0.1) is 6.92 Å². The van der Waals surface area contributed by atoms with Gasteiger partial charge in [0.05, 0.1) is 11.6 Å². The van der Waals surface area contributed by atoms with Crippen molar-refractivity contribution in [1.29, 1.82) is 0 Å². The number of aryl methyl sites for hydroxylation is 1. The molecule has 4 nitrogen and oxygen atoms in total. The van der Waals surface area contributed by atoms with E-state index in [2.05, 4.69) is 0 Å². The Morgan fingerprint density at radius 3 is 2.43 bits per heavy atom. The predicted octanol–water partition coefficient (Wildman–Crippen LogP) is 3.69. The van der Waals surface area contributed by atoms with Gasteiger partial charge in [-0.25, -0.2) is 4.79 Å². The predicted molar refractivity (Wildman–Crippen MR) is 91.5 cm³/mol. The summed E-state index contributed by atoms with van der Waals surface area (Å²) in [6.45, 7) is 10.1. The molecule has 1 fully saturated rings. The maximum atomic E-state index is 12.4. The van der Waals surface area contributed by atoms with E-state index in [4.69, 9.17) is 4.74 Å². The Morgan fingerprint density at radius 1 is 1.26 bits per heavy atom. The third-order valence-corrected chi connectivity index (χ3v) is 4.28. The Labute approximate surface area is 139 Å². The number of aliphatic hydroxyl groups is 1. The lowest BCUT2D eigenvalue weighted by Gasteiger charge is -2.37. The normalized spacial score (nSPS) is 21.1. The van der Waals surface area contributed by atoms with Gasteiger partial charge in [-0.1, -0.05) is 29.8 Å². The molecule has 1 N–H and O–H groups in total. The second-order valence-electron chi connectivity index (χ2n) is 7.85. The third kappa shape index (κ3) is 4.71. The molecule has 0 aliphatic carbocycles. The van der Waals surface area contributed by atoms with Crippen LogP contribution in [0.1, 0.15) is 51.7 Å². The standard InChI is InChI=1S/C19H29NO3/c1-14-8-10-15(11-9-14)13-19(5,22)16-7-6-12-20(16)17(21)23-18(2,3)4/h8-11,16,22H,6-7,12-13H2,1-5H3/t16-,19+/m0/s1. The van der Waals surface area contributed by atoms with E-state index in [1.165, 1.54) is 5.56 Å². The van der Waals surface area contributed by atoms with E-state index in [0.29, 0.717) is 13.0 Å². The molecule has 2 rings (SSSR count). The molecular weight excluding hydrogens is 290 g/mol. The van der Waals surface area contributed by atoms with Crippen molar-refractivity contribution in [2.24, 2.45) is 0 Å². The van der Waals surface area contributed by atoms with Crippen molar-refractivity contribution in [1.82, 2.24) is 4.90 Å². The molecule has 0 saturated carbocycles. The fourth-order valence-corrected chi connectivity index (χ4v) is 3.19. The second-order valence-corrected chi connectivity index (χ2v) is 7.85. The van der Waals surface area contributed by atoms with Gasteiger partial charge in [-0.3, -0.25) is 0 Å². The summed E-state index contributed by atoms with van der Waals surface area (Å²) < 4.78 is 5.49. The highest BCUT2D eigenvalue weighted by Crippen LogP contribution is 2.31. The van der Waals surface area contributed by atoms with Crippen molar-refractivity contribution in [2.75, 3.05) is 6.54 Å². The Kier molecular flexibility index (Phi) is 5.04. The summed E-state index contributed by atoms with van der Waals surface area (Å²) in [5.74, 6) is 0. The number of nitrogens with zero attached hydrogens (tertiary/aromatic N) is 1. The van der Waals surface area contributed by atoms with Crippen LogP contribution in [-0.2, 0) is 11.2 Å². The van der Waals surface area contributed by atoms with Crippen LogP contribution in [0.15, 0.2) is 24.3 Å². The van der Waals surface area contributed by atoms with Gasteiger partial charge in [0, 0.05) is 13.0 Å². The highest BCUT2D eigenvalue weighted by atomic mass is 16.6. The van der Waals surface area contributed by atoms with Gasteiger partial charge < -0.3 is 14.7 Å². The Hall–Kier alpha value is -1.55. The van der Waals surface area contributed by atoms with E-state index in [1.54, 1.807) is 4.90 Å². The van der Waals surface area contributed by atoms with E-state index < -0.39 is 11.2 Å². The van der Waals surface area contributed by atoms with E-state index in [9.17, 15) is 9.90 Å². The van der Waals surface area contributed by atoms with Crippen LogP contribution in [0.3, 0.4) is 0 Å². The number of amides is 1. The maximum Gasteiger partial charge on any atom is 0.410 e. The van der Waals surface area contributed by atoms with E-state index >= 15 is 0 Å². The minimum Gasteiger partial charge on any atom is -0.444 e. The molecule has 128 valence electrons. The highest BCUT2D eigenvalue weighted by Gasteiger charge is 2.42. The number of hydrogen-bond acceptors (Lipinski definition) is 3. The molecule has 1 aromatic carbocycles. The van der Waals surface area contributed by atoms with E-state index in [-0.39, 0.29) is 12.1 Å². The smallest absolute Gasteiger partial charge is 0.410 e. The molecule has 1 saturated heterocycles. The number of likely N-dealkylation sites (tertiary alicyclic amines) is 1. The van der Waals surface area contributed by atoms with Gasteiger partial charge in [-0.05, 0) is 53.0 Å². The minimum atomic E-state index is -0.970. The van der Waals surface area contributed by atoms with Crippen molar-refractivity contribution in [3.63, 3.8) is 0 Å². The Balaban J connectivity index is 2.10. The van der Waals surface area contributed by atoms with Crippen molar-refractivity contribution in [2.45, 2.75) is 71.1 Å². The van der Waals surface area contributed by atoms with Crippen LogP contribution in [-0.4, -0.2) is 39.9 Å². The van der Waals surface area contributed by atoms with Gasteiger partial charge in [0.25, 0.3) is 0 Å². The summed E-state index contributed by atoms with van der Waals surface area (Å²) in [6.07, 6.45) is 1.90. The molecule has 0 bridgehead atoms. The first-order chi connectivity index (χ1) is 10.6. The molecule has 2 atom stereocenters. The monoisotopic (exact) mass is 319 g/mol. The molecule has 1 aliphatic heterocycles. The molecular formula is C19H29NO3. The topological polar surface area (TPSA) is 49.8 Å². The van der Waals surface area contributed by atoms with Gasteiger partial charge in [-0.2, -0.15) is 0 Å². The molecule has 1 amide bonds. The van der Waals surface area contributed by atoms with Gasteiger partial charge in [0.1, 0.15) is 5.60 Å². The quantitative estimate of drug-likeness (QED) is 0.924. The molecule has 23 heavy (non-hydrogen) atoms. The van der Waals surface area contributed by atoms with Gasteiger partial charge in [-0.15, -0.1) is 0 Å². The zero-order valence-electron chi connectivity index (χ0n) is 14.9. The van der Waals surface area contributed by atoms with Crippen LogP contribution in [0.2, 0.25) is 0 Å². The molecule has 1 aromatic rings. The summed E-state index contributed by atoms with van der Waals surface area (Å²) in [6, 6.07) is 7.96. The third-order valence-electron chi connectivity index (χ3n) is 4.28. The lowest BCUT2D eigenvalue weighted by atomic mass is 9.87. The molecule has 1 heterocycles.